The van der Waals surface area contributed by atoms with Crippen LogP contribution < -0.4 is 10.3 Å². The number of fused-ring (bicyclic) bond motifs is 1. The number of benzene rings is 2. The number of carbonyl (C=O) groups excluding carboxylic acids is 2. The largest absolute Gasteiger partial charge is 0.378 e. The fourth-order valence-corrected chi connectivity index (χ4v) is 5.58. The minimum absolute atomic E-state index is 0.00310. The summed E-state index contributed by atoms with van der Waals surface area (Å²) >= 11 is 0. The molecule has 3 atom stereocenters. The predicted molar refractivity (Wildman–Crippen MR) is 125 cm³/mol. The van der Waals surface area contributed by atoms with Crippen LogP contribution in [0.3, 0.4) is 0 Å². The zero-order valence-electron chi connectivity index (χ0n) is 18.9. The monoisotopic (exact) mass is 432 g/mol. The van der Waals surface area contributed by atoms with Crippen LogP contribution in [0.2, 0.25) is 0 Å². The summed E-state index contributed by atoms with van der Waals surface area (Å²) in [4.78, 5) is 31.0. The minimum atomic E-state index is -0.455. The van der Waals surface area contributed by atoms with Gasteiger partial charge in [0.15, 0.2) is 0 Å². The van der Waals surface area contributed by atoms with Crippen molar-refractivity contribution < 1.29 is 9.59 Å². The van der Waals surface area contributed by atoms with Crippen LogP contribution in [0.15, 0.2) is 54.6 Å². The first-order valence-electron chi connectivity index (χ1n) is 11.8. The lowest BCUT2D eigenvalue weighted by Gasteiger charge is -2.32. The van der Waals surface area contributed by atoms with Gasteiger partial charge in [0, 0.05) is 32.4 Å². The fraction of sp³-hybridized carbons (Fsp3) is 0.462. The van der Waals surface area contributed by atoms with Gasteiger partial charge in [-0.3, -0.25) is 14.5 Å². The molecule has 6 heteroatoms. The van der Waals surface area contributed by atoms with Crippen LogP contribution >= 0.6 is 0 Å². The van der Waals surface area contributed by atoms with Gasteiger partial charge in [-0.05, 0) is 36.1 Å². The van der Waals surface area contributed by atoms with E-state index in [9.17, 15) is 9.59 Å². The smallest absolute Gasteiger partial charge is 0.249 e. The van der Waals surface area contributed by atoms with Crippen molar-refractivity contribution in [1.29, 1.82) is 0 Å². The van der Waals surface area contributed by atoms with E-state index < -0.39 is 12.0 Å². The number of anilines is 1. The number of likely N-dealkylation sites (tertiary alicyclic amines) is 1. The predicted octanol–water partition coefficient (Wildman–Crippen LogP) is 3.50. The summed E-state index contributed by atoms with van der Waals surface area (Å²) in [6.07, 6.45) is 5.26. The second-order valence-corrected chi connectivity index (χ2v) is 9.52. The Morgan fingerprint density at radius 1 is 0.906 bits per heavy atom. The number of imide groups is 1. The molecule has 2 heterocycles. The number of rotatable bonds is 5. The molecule has 2 aromatic carbocycles. The lowest BCUT2D eigenvalue weighted by Crippen LogP contribution is -2.48. The Morgan fingerprint density at radius 3 is 2.25 bits per heavy atom. The topological polar surface area (TPSA) is 55.9 Å². The molecule has 1 saturated carbocycles. The number of nitrogens with zero attached hydrogens (tertiary/aromatic N) is 3. The molecule has 0 radical (unpaired) electrons. The van der Waals surface area contributed by atoms with Crippen LogP contribution in [0, 0.1) is 5.92 Å². The van der Waals surface area contributed by atoms with Crippen LogP contribution in [-0.2, 0) is 16.1 Å². The molecular formula is C26H32N4O2. The highest BCUT2D eigenvalue weighted by molar-refractivity contribution is 6.08. The third kappa shape index (κ3) is 3.71. The third-order valence-electron chi connectivity index (χ3n) is 7.26. The number of nitrogens with one attached hydrogen (secondary N) is 1. The summed E-state index contributed by atoms with van der Waals surface area (Å²) < 4.78 is 0. The van der Waals surface area contributed by atoms with Crippen molar-refractivity contribution in [1.82, 2.24) is 15.3 Å². The highest BCUT2D eigenvalue weighted by Gasteiger charge is 2.59. The molecule has 0 spiro atoms. The molecule has 0 unspecified atom stereocenters. The van der Waals surface area contributed by atoms with E-state index in [0.29, 0.717) is 6.54 Å². The normalized spacial score (nSPS) is 26.6. The van der Waals surface area contributed by atoms with E-state index in [-0.39, 0.29) is 23.9 Å². The molecule has 6 nitrogen and oxygen atoms in total. The van der Waals surface area contributed by atoms with Gasteiger partial charge in [-0.2, -0.15) is 0 Å². The molecule has 32 heavy (non-hydrogen) atoms. The Bertz CT molecular complexity index is 969. The fourth-order valence-electron chi connectivity index (χ4n) is 5.58. The van der Waals surface area contributed by atoms with E-state index in [4.69, 9.17) is 0 Å². The molecule has 0 bridgehead atoms. The number of hydrogen-bond acceptors (Lipinski definition) is 5. The molecule has 1 N–H and O–H groups in total. The van der Waals surface area contributed by atoms with Crippen molar-refractivity contribution in [2.45, 2.75) is 56.8 Å². The summed E-state index contributed by atoms with van der Waals surface area (Å²) in [5.41, 5.74) is 6.83. The second kappa shape index (κ2) is 8.68. The number of carbonyl (C=O) groups is 2. The van der Waals surface area contributed by atoms with Crippen molar-refractivity contribution in [3.8, 4) is 0 Å². The van der Waals surface area contributed by atoms with Gasteiger partial charge < -0.3 is 4.90 Å². The van der Waals surface area contributed by atoms with Gasteiger partial charge in [0.25, 0.3) is 0 Å². The first kappa shape index (κ1) is 21.2. The van der Waals surface area contributed by atoms with Crippen LogP contribution in [-0.4, -0.2) is 47.9 Å². The molecule has 2 amide bonds. The number of hydrogen-bond donors (Lipinski definition) is 1. The van der Waals surface area contributed by atoms with Crippen LogP contribution in [0.25, 0.3) is 0 Å². The van der Waals surface area contributed by atoms with E-state index >= 15 is 0 Å². The summed E-state index contributed by atoms with van der Waals surface area (Å²) in [5, 5.41) is 2.01. The molecule has 168 valence electrons. The van der Waals surface area contributed by atoms with E-state index in [2.05, 4.69) is 46.7 Å². The molecule has 3 aliphatic rings. The quantitative estimate of drug-likeness (QED) is 0.733. The van der Waals surface area contributed by atoms with Gasteiger partial charge in [-0.1, -0.05) is 61.7 Å². The Morgan fingerprint density at radius 2 is 1.59 bits per heavy atom. The molecule has 2 saturated heterocycles. The van der Waals surface area contributed by atoms with Gasteiger partial charge in [-0.15, -0.1) is 0 Å². The molecule has 5 rings (SSSR count). The highest BCUT2D eigenvalue weighted by Crippen LogP contribution is 2.43. The maximum absolute atomic E-state index is 13.7. The Kier molecular flexibility index (Phi) is 5.74. The maximum atomic E-state index is 13.7. The van der Waals surface area contributed by atoms with Gasteiger partial charge in [-0.25, -0.2) is 10.4 Å². The Labute approximate surface area is 190 Å². The zero-order valence-corrected chi connectivity index (χ0v) is 18.9. The number of amides is 2. The van der Waals surface area contributed by atoms with Crippen molar-refractivity contribution in [3.05, 3.63) is 65.7 Å². The Hall–Kier alpha value is -2.70. The third-order valence-corrected chi connectivity index (χ3v) is 7.26. The van der Waals surface area contributed by atoms with Gasteiger partial charge in [0.1, 0.15) is 6.04 Å². The van der Waals surface area contributed by atoms with Crippen molar-refractivity contribution in [2.75, 3.05) is 19.0 Å². The summed E-state index contributed by atoms with van der Waals surface area (Å²) in [5.74, 6) is -0.419. The van der Waals surface area contributed by atoms with E-state index in [1.54, 1.807) is 4.90 Å². The average Bonchev–Trinajstić information content (AvgIpc) is 3.31. The summed E-state index contributed by atoms with van der Waals surface area (Å²) in [7, 11) is 4.03. The van der Waals surface area contributed by atoms with E-state index in [0.717, 1.165) is 42.5 Å². The minimum Gasteiger partial charge on any atom is -0.378 e. The van der Waals surface area contributed by atoms with Gasteiger partial charge in [0.2, 0.25) is 11.8 Å². The summed E-state index contributed by atoms with van der Waals surface area (Å²) in [6, 6.07) is 17.9. The molecular weight excluding hydrogens is 400 g/mol. The van der Waals surface area contributed by atoms with Crippen molar-refractivity contribution >= 4 is 17.5 Å². The van der Waals surface area contributed by atoms with E-state index in [1.807, 2.05) is 37.3 Å². The average molecular weight is 433 g/mol. The zero-order chi connectivity index (χ0) is 22.2. The van der Waals surface area contributed by atoms with Crippen LogP contribution in [0.1, 0.15) is 49.3 Å². The van der Waals surface area contributed by atoms with E-state index in [1.165, 1.54) is 6.42 Å². The molecule has 3 fully saturated rings. The highest BCUT2D eigenvalue weighted by atomic mass is 16.2. The summed E-state index contributed by atoms with van der Waals surface area (Å²) in [6.45, 7) is 0.589. The van der Waals surface area contributed by atoms with Gasteiger partial charge >= 0.3 is 0 Å². The first-order valence-corrected chi connectivity index (χ1v) is 11.8. The second-order valence-electron chi connectivity index (χ2n) is 9.52. The molecule has 2 aromatic rings. The SMILES string of the molecule is CN(C)c1ccc([C@@H]2NN(Cc3ccccc3)[C@@H]3C(=O)N(C4CCCCC4)C(=O)[C@@H]32)cc1. The van der Waals surface area contributed by atoms with Crippen LogP contribution in [0.4, 0.5) is 5.69 Å². The number of hydrazine groups is 1. The van der Waals surface area contributed by atoms with Gasteiger partial charge in [0.05, 0.1) is 12.0 Å². The Balaban J connectivity index is 1.48. The standard InChI is InChI=1S/C26H32N4O2/c1-28(2)20-15-13-19(14-16-20)23-22-24(29(27-23)17-18-9-5-3-6-10-18)26(32)30(25(22)31)21-11-7-4-8-12-21/h3,5-6,9-10,13-16,21-24,27H,4,7-8,11-12,17H2,1-2H3/t22-,23+,24+/m1/s1. The van der Waals surface area contributed by atoms with Crippen molar-refractivity contribution in [2.24, 2.45) is 5.92 Å². The first-order chi connectivity index (χ1) is 15.5. The molecule has 2 aliphatic heterocycles. The maximum Gasteiger partial charge on any atom is 0.249 e. The lowest BCUT2D eigenvalue weighted by molar-refractivity contribution is -0.145. The molecule has 0 aromatic heterocycles. The van der Waals surface area contributed by atoms with Crippen molar-refractivity contribution in [3.63, 3.8) is 0 Å². The lowest BCUT2D eigenvalue weighted by atomic mass is 9.90. The van der Waals surface area contributed by atoms with Crippen LogP contribution in [0.5, 0.6) is 0 Å². The molecule has 1 aliphatic carbocycles.